The minimum absolute atomic E-state index is 0.169. The standard InChI is InChI=1S/C6H8ClF2NO/c7-6(8,9)2-4-1-5(11)10-3-4/h4H,1-3H2,(H,10,11)/t4-/m0/s1. The third-order valence-corrected chi connectivity index (χ3v) is 1.74. The van der Waals surface area contributed by atoms with Gasteiger partial charge in [-0.1, -0.05) is 0 Å². The number of hydrogen-bond acceptors (Lipinski definition) is 1. The summed E-state index contributed by atoms with van der Waals surface area (Å²) in [6, 6.07) is 0. The summed E-state index contributed by atoms with van der Waals surface area (Å²) in [5.74, 6) is -0.481. The summed E-state index contributed by atoms with van der Waals surface area (Å²) >= 11 is 4.69. The van der Waals surface area contributed by atoms with E-state index in [9.17, 15) is 13.6 Å². The van der Waals surface area contributed by atoms with Crippen LogP contribution in [0.25, 0.3) is 0 Å². The Labute approximate surface area is 67.9 Å². The van der Waals surface area contributed by atoms with Crippen LogP contribution in [-0.4, -0.2) is 17.8 Å². The van der Waals surface area contributed by atoms with Gasteiger partial charge in [-0.15, -0.1) is 0 Å². The number of carbonyl (C=O) groups excluding carboxylic acids is 1. The minimum atomic E-state index is -3.17. The van der Waals surface area contributed by atoms with Crippen LogP contribution in [0.5, 0.6) is 0 Å². The number of nitrogens with one attached hydrogen (secondary N) is 1. The van der Waals surface area contributed by atoms with E-state index < -0.39 is 11.8 Å². The van der Waals surface area contributed by atoms with E-state index in [0.29, 0.717) is 6.54 Å². The van der Waals surface area contributed by atoms with Crippen LogP contribution < -0.4 is 5.32 Å². The number of alkyl halides is 3. The molecule has 0 spiro atoms. The van der Waals surface area contributed by atoms with E-state index in [1.54, 1.807) is 0 Å². The first-order valence-electron chi connectivity index (χ1n) is 3.31. The molecule has 0 unspecified atom stereocenters. The molecular formula is C6H8ClF2NO. The van der Waals surface area contributed by atoms with Crippen molar-refractivity contribution in [3.05, 3.63) is 0 Å². The van der Waals surface area contributed by atoms with Crippen molar-refractivity contribution in [1.29, 1.82) is 0 Å². The summed E-state index contributed by atoms with van der Waals surface area (Å²) in [7, 11) is 0. The van der Waals surface area contributed by atoms with E-state index in [0.717, 1.165) is 0 Å². The molecule has 1 rings (SSSR count). The molecule has 1 atom stereocenters. The van der Waals surface area contributed by atoms with Gasteiger partial charge in [0, 0.05) is 19.4 Å². The molecule has 1 aliphatic heterocycles. The normalized spacial score (nSPS) is 25.4. The van der Waals surface area contributed by atoms with Gasteiger partial charge >= 0.3 is 5.38 Å². The number of amides is 1. The fourth-order valence-corrected chi connectivity index (χ4v) is 1.35. The molecule has 0 aromatic carbocycles. The molecule has 1 N–H and O–H groups in total. The van der Waals surface area contributed by atoms with Crippen molar-refractivity contribution < 1.29 is 13.6 Å². The summed E-state index contributed by atoms with van der Waals surface area (Å²) < 4.78 is 24.3. The van der Waals surface area contributed by atoms with Crippen molar-refractivity contribution in [3.63, 3.8) is 0 Å². The summed E-state index contributed by atoms with van der Waals surface area (Å²) in [6.07, 6.45) is -0.254. The molecule has 5 heteroatoms. The third kappa shape index (κ3) is 3.01. The zero-order chi connectivity index (χ0) is 8.48. The quantitative estimate of drug-likeness (QED) is 0.644. The number of rotatable bonds is 2. The predicted molar refractivity (Wildman–Crippen MR) is 36.5 cm³/mol. The smallest absolute Gasteiger partial charge is 0.322 e. The van der Waals surface area contributed by atoms with Crippen molar-refractivity contribution >= 4 is 17.5 Å². The lowest BCUT2D eigenvalue weighted by molar-refractivity contribution is -0.119. The summed E-state index contributed by atoms with van der Waals surface area (Å²) in [4.78, 5) is 10.5. The molecule has 0 bridgehead atoms. The lowest BCUT2D eigenvalue weighted by atomic mass is 10.1. The lowest BCUT2D eigenvalue weighted by Crippen LogP contribution is -2.17. The van der Waals surface area contributed by atoms with Crippen LogP contribution in [0.4, 0.5) is 8.78 Å². The van der Waals surface area contributed by atoms with Crippen molar-refractivity contribution in [1.82, 2.24) is 5.32 Å². The van der Waals surface area contributed by atoms with Gasteiger partial charge in [-0.25, -0.2) is 0 Å². The zero-order valence-corrected chi connectivity index (χ0v) is 6.50. The summed E-state index contributed by atoms with van der Waals surface area (Å²) in [6.45, 7) is 0.321. The number of hydrogen-bond donors (Lipinski definition) is 1. The van der Waals surface area contributed by atoms with E-state index >= 15 is 0 Å². The van der Waals surface area contributed by atoms with Gasteiger partial charge in [0.1, 0.15) is 0 Å². The third-order valence-electron chi connectivity index (χ3n) is 1.58. The van der Waals surface area contributed by atoms with Gasteiger partial charge in [0.15, 0.2) is 0 Å². The average Bonchev–Trinajstić information content (AvgIpc) is 2.10. The molecule has 0 aromatic heterocycles. The van der Waals surface area contributed by atoms with Crippen LogP contribution in [0.3, 0.4) is 0 Å². The highest BCUT2D eigenvalue weighted by atomic mass is 35.5. The van der Waals surface area contributed by atoms with Gasteiger partial charge in [-0.3, -0.25) is 4.79 Å². The van der Waals surface area contributed by atoms with Gasteiger partial charge < -0.3 is 5.32 Å². The maximum atomic E-state index is 12.1. The molecule has 0 aromatic rings. The van der Waals surface area contributed by atoms with Crippen LogP contribution in [0.2, 0.25) is 0 Å². The summed E-state index contributed by atoms with van der Waals surface area (Å²) in [5.41, 5.74) is 0. The Bertz CT molecular complexity index is 168. The van der Waals surface area contributed by atoms with Gasteiger partial charge in [0.05, 0.1) is 0 Å². The first-order valence-corrected chi connectivity index (χ1v) is 3.68. The SMILES string of the molecule is O=C1C[C@@H](CC(F)(F)Cl)CN1. The molecular weight excluding hydrogens is 176 g/mol. The van der Waals surface area contributed by atoms with Crippen molar-refractivity contribution in [2.45, 2.75) is 18.2 Å². The molecule has 1 saturated heterocycles. The maximum Gasteiger partial charge on any atom is 0.322 e. The predicted octanol–water partition coefficient (Wildman–Crippen LogP) is 1.34. The highest BCUT2D eigenvalue weighted by Gasteiger charge is 2.33. The monoisotopic (exact) mass is 183 g/mol. The van der Waals surface area contributed by atoms with Crippen LogP contribution in [0.15, 0.2) is 0 Å². The first-order chi connectivity index (χ1) is 4.97. The second kappa shape index (κ2) is 2.93. The highest BCUT2D eigenvalue weighted by molar-refractivity contribution is 6.21. The maximum absolute atomic E-state index is 12.1. The topological polar surface area (TPSA) is 29.1 Å². The molecule has 1 aliphatic rings. The van der Waals surface area contributed by atoms with E-state index in [4.69, 9.17) is 0 Å². The van der Waals surface area contributed by atoms with Crippen molar-refractivity contribution in [2.24, 2.45) is 5.92 Å². The van der Waals surface area contributed by atoms with Crippen LogP contribution in [0.1, 0.15) is 12.8 Å². The van der Waals surface area contributed by atoms with E-state index in [-0.39, 0.29) is 18.2 Å². The molecule has 1 amide bonds. The van der Waals surface area contributed by atoms with Gasteiger partial charge in [0.25, 0.3) is 0 Å². The van der Waals surface area contributed by atoms with Crippen LogP contribution in [0, 0.1) is 5.92 Å². The van der Waals surface area contributed by atoms with E-state index in [1.165, 1.54) is 0 Å². The van der Waals surface area contributed by atoms with Gasteiger partial charge in [-0.2, -0.15) is 8.78 Å². The summed E-state index contributed by atoms with van der Waals surface area (Å²) in [5, 5.41) is -0.708. The Morgan fingerprint density at radius 3 is 2.73 bits per heavy atom. The Morgan fingerprint density at radius 2 is 2.36 bits per heavy atom. The molecule has 0 aliphatic carbocycles. The molecule has 64 valence electrons. The second-order valence-electron chi connectivity index (χ2n) is 2.69. The Balaban J connectivity index is 2.34. The zero-order valence-electron chi connectivity index (χ0n) is 5.74. The number of halogens is 3. The Morgan fingerprint density at radius 1 is 1.73 bits per heavy atom. The van der Waals surface area contributed by atoms with Crippen molar-refractivity contribution in [3.8, 4) is 0 Å². The van der Waals surface area contributed by atoms with Gasteiger partial charge in [0.2, 0.25) is 5.91 Å². The number of carbonyl (C=O) groups is 1. The van der Waals surface area contributed by atoms with Crippen LogP contribution >= 0.6 is 11.6 Å². The Hall–Kier alpha value is -0.380. The first kappa shape index (κ1) is 8.71. The molecule has 2 nitrogen and oxygen atoms in total. The minimum Gasteiger partial charge on any atom is -0.356 e. The molecule has 0 radical (unpaired) electrons. The molecule has 1 heterocycles. The van der Waals surface area contributed by atoms with Gasteiger partial charge in [-0.05, 0) is 17.5 Å². The Kier molecular flexibility index (Phi) is 2.32. The second-order valence-corrected chi connectivity index (χ2v) is 3.25. The highest BCUT2D eigenvalue weighted by Crippen LogP contribution is 2.30. The van der Waals surface area contributed by atoms with E-state index in [2.05, 4.69) is 16.9 Å². The van der Waals surface area contributed by atoms with E-state index in [1.807, 2.05) is 0 Å². The van der Waals surface area contributed by atoms with Crippen molar-refractivity contribution in [2.75, 3.05) is 6.54 Å². The molecule has 1 fully saturated rings. The molecule has 0 saturated carbocycles. The van der Waals surface area contributed by atoms with Crippen LogP contribution in [-0.2, 0) is 4.79 Å². The lowest BCUT2D eigenvalue weighted by Gasteiger charge is -2.10. The largest absolute Gasteiger partial charge is 0.356 e. The average molecular weight is 184 g/mol. The molecule has 11 heavy (non-hydrogen) atoms. The fourth-order valence-electron chi connectivity index (χ4n) is 1.14. The fraction of sp³-hybridized carbons (Fsp3) is 0.833.